The number of carbonyl (C=O) groups excluding carboxylic acids is 1. The molecule has 70 valence electrons. The number of hydrogen-bond acceptors (Lipinski definition) is 5. The Bertz CT molecular complexity index is 316. The maximum absolute atomic E-state index is 10.7. The molecule has 13 heavy (non-hydrogen) atoms. The Morgan fingerprint density at radius 2 is 2.38 bits per heavy atom. The minimum Gasteiger partial charge on any atom is -0.393 e. The minimum absolute atomic E-state index is 0.0116. The van der Waals surface area contributed by atoms with E-state index in [0.717, 1.165) is 0 Å². The summed E-state index contributed by atoms with van der Waals surface area (Å²) in [5, 5.41) is 17.7. The van der Waals surface area contributed by atoms with Crippen LogP contribution in [0.1, 0.15) is 22.4 Å². The van der Waals surface area contributed by atoms with Gasteiger partial charge in [0.15, 0.2) is 5.82 Å². The second-order valence-corrected chi connectivity index (χ2v) is 2.36. The van der Waals surface area contributed by atoms with Gasteiger partial charge in [0.2, 0.25) is 0 Å². The lowest BCUT2D eigenvalue weighted by Gasteiger charge is -2.05. The molecule has 1 amide bonds. The normalized spacial score (nSPS) is 12.5. The molecule has 6 heteroatoms. The first-order chi connectivity index (χ1) is 6.15. The number of aliphatic hydroxyl groups excluding tert-OH is 2. The molecule has 0 spiro atoms. The number of carbonyl (C=O) groups is 1. The van der Waals surface area contributed by atoms with Gasteiger partial charge in [-0.05, 0) is 6.07 Å². The molecule has 0 bridgehead atoms. The average molecular weight is 183 g/mol. The quantitative estimate of drug-likeness (QED) is 0.534. The average Bonchev–Trinajstić information content (AvgIpc) is 2.17. The predicted molar refractivity (Wildman–Crippen MR) is 42.6 cm³/mol. The van der Waals surface area contributed by atoms with Crippen molar-refractivity contribution < 1.29 is 15.0 Å². The van der Waals surface area contributed by atoms with Crippen LogP contribution in [-0.4, -0.2) is 32.7 Å². The molecule has 0 saturated carbocycles. The van der Waals surface area contributed by atoms with Crippen molar-refractivity contribution in [2.24, 2.45) is 5.73 Å². The second kappa shape index (κ2) is 3.92. The first-order valence-corrected chi connectivity index (χ1v) is 3.57. The number of nitrogens with two attached hydrogens (primary N) is 1. The molecular weight excluding hydrogens is 174 g/mol. The van der Waals surface area contributed by atoms with Gasteiger partial charge in [0.05, 0.1) is 6.61 Å². The van der Waals surface area contributed by atoms with Gasteiger partial charge in [0.1, 0.15) is 11.8 Å². The Hall–Kier alpha value is -1.53. The lowest BCUT2D eigenvalue weighted by atomic mass is 10.3. The molecule has 0 radical (unpaired) electrons. The summed E-state index contributed by atoms with van der Waals surface area (Å²) in [7, 11) is 0. The van der Waals surface area contributed by atoms with E-state index in [-0.39, 0.29) is 11.5 Å². The van der Waals surface area contributed by atoms with Gasteiger partial charge in [-0.1, -0.05) is 0 Å². The van der Waals surface area contributed by atoms with E-state index >= 15 is 0 Å². The Labute approximate surface area is 74.1 Å². The fourth-order valence-corrected chi connectivity index (χ4v) is 0.753. The summed E-state index contributed by atoms with van der Waals surface area (Å²) in [6, 6.07) is 1.33. The summed E-state index contributed by atoms with van der Waals surface area (Å²) in [5.41, 5.74) is 4.96. The van der Waals surface area contributed by atoms with E-state index in [1.807, 2.05) is 0 Å². The molecule has 1 rings (SSSR count). The maximum atomic E-state index is 10.7. The summed E-state index contributed by atoms with van der Waals surface area (Å²) >= 11 is 0. The van der Waals surface area contributed by atoms with Gasteiger partial charge in [-0.15, -0.1) is 0 Å². The molecule has 1 unspecified atom stereocenters. The lowest BCUT2D eigenvalue weighted by Crippen LogP contribution is -2.16. The third-order valence-electron chi connectivity index (χ3n) is 1.40. The highest BCUT2D eigenvalue weighted by atomic mass is 16.3. The van der Waals surface area contributed by atoms with E-state index in [4.69, 9.17) is 15.9 Å². The summed E-state index contributed by atoms with van der Waals surface area (Å²) in [6.07, 6.45) is 0.112. The highest BCUT2D eigenvalue weighted by molar-refractivity contribution is 5.90. The van der Waals surface area contributed by atoms with Crippen LogP contribution < -0.4 is 5.73 Å². The minimum atomic E-state index is -1.18. The van der Waals surface area contributed by atoms with Crippen molar-refractivity contribution in [1.82, 2.24) is 9.97 Å². The molecule has 0 saturated heterocycles. The van der Waals surface area contributed by atoms with Crippen LogP contribution in [0.15, 0.2) is 12.3 Å². The third kappa shape index (κ3) is 2.20. The van der Waals surface area contributed by atoms with Crippen molar-refractivity contribution in [2.45, 2.75) is 6.10 Å². The molecule has 6 nitrogen and oxygen atoms in total. The molecule has 0 aliphatic carbocycles. The number of hydrogen-bond donors (Lipinski definition) is 3. The van der Waals surface area contributed by atoms with Crippen molar-refractivity contribution >= 4 is 5.91 Å². The Morgan fingerprint density at radius 3 is 2.92 bits per heavy atom. The molecule has 1 aromatic rings. The number of rotatable bonds is 3. The highest BCUT2D eigenvalue weighted by Crippen LogP contribution is 2.05. The maximum Gasteiger partial charge on any atom is 0.267 e. The molecule has 1 heterocycles. The van der Waals surface area contributed by atoms with Crippen LogP contribution in [0.4, 0.5) is 0 Å². The largest absolute Gasteiger partial charge is 0.393 e. The summed E-state index contributed by atoms with van der Waals surface area (Å²) in [6.45, 7) is -0.498. The molecule has 4 N–H and O–H groups in total. The highest BCUT2D eigenvalue weighted by Gasteiger charge is 2.11. The summed E-state index contributed by atoms with van der Waals surface area (Å²) in [4.78, 5) is 18.0. The molecular formula is C7H9N3O3. The molecule has 0 fully saturated rings. The van der Waals surface area contributed by atoms with Crippen LogP contribution in [0, 0.1) is 0 Å². The van der Waals surface area contributed by atoms with Crippen molar-refractivity contribution in [3.8, 4) is 0 Å². The zero-order valence-electron chi connectivity index (χ0n) is 6.71. The molecule has 1 atom stereocenters. The van der Waals surface area contributed by atoms with Crippen LogP contribution in [-0.2, 0) is 0 Å². The standard InChI is InChI=1S/C7H9N3O3/c8-6(13)4-1-2-9-7(10-4)5(12)3-11/h1-2,5,11-12H,3H2,(H2,8,13). The topological polar surface area (TPSA) is 109 Å². The van der Waals surface area contributed by atoms with E-state index in [0.29, 0.717) is 0 Å². The molecule has 1 aromatic heterocycles. The summed E-state index contributed by atoms with van der Waals surface area (Å²) in [5.74, 6) is -0.715. The third-order valence-corrected chi connectivity index (χ3v) is 1.40. The molecule has 0 aliphatic heterocycles. The van der Waals surface area contributed by atoms with E-state index in [1.165, 1.54) is 12.3 Å². The van der Waals surface area contributed by atoms with Crippen LogP contribution >= 0.6 is 0 Å². The fraction of sp³-hybridized carbons (Fsp3) is 0.286. The van der Waals surface area contributed by atoms with E-state index < -0.39 is 18.6 Å². The Kier molecular flexibility index (Phi) is 2.88. The van der Waals surface area contributed by atoms with Crippen LogP contribution in [0.2, 0.25) is 0 Å². The predicted octanol–water partition coefficient (Wildman–Crippen LogP) is -1.40. The van der Waals surface area contributed by atoms with Gasteiger partial charge in [-0.25, -0.2) is 9.97 Å². The van der Waals surface area contributed by atoms with Gasteiger partial charge in [0.25, 0.3) is 5.91 Å². The van der Waals surface area contributed by atoms with E-state index in [1.54, 1.807) is 0 Å². The van der Waals surface area contributed by atoms with Gasteiger partial charge < -0.3 is 15.9 Å². The van der Waals surface area contributed by atoms with Gasteiger partial charge in [-0.2, -0.15) is 0 Å². The van der Waals surface area contributed by atoms with Gasteiger partial charge in [0, 0.05) is 6.20 Å². The number of aromatic nitrogens is 2. The van der Waals surface area contributed by atoms with Crippen molar-refractivity contribution in [3.05, 3.63) is 23.8 Å². The SMILES string of the molecule is NC(=O)c1ccnc(C(O)CO)n1. The van der Waals surface area contributed by atoms with E-state index in [9.17, 15) is 4.79 Å². The smallest absolute Gasteiger partial charge is 0.267 e. The monoisotopic (exact) mass is 183 g/mol. The van der Waals surface area contributed by atoms with E-state index in [2.05, 4.69) is 9.97 Å². The Balaban J connectivity index is 2.98. The van der Waals surface area contributed by atoms with Crippen molar-refractivity contribution in [1.29, 1.82) is 0 Å². The number of amides is 1. The lowest BCUT2D eigenvalue weighted by molar-refractivity contribution is 0.0876. The van der Waals surface area contributed by atoms with Gasteiger partial charge >= 0.3 is 0 Å². The first kappa shape index (κ1) is 9.56. The Morgan fingerprint density at radius 1 is 1.69 bits per heavy atom. The van der Waals surface area contributed by atoms with Crippen LogP contribution in [0.5, 0.6) is 0 Å². The van der Waals surface area contributed by atoms with Gasteiger partial charge in [-0.3, -0.25) is 4.79 Å². The fourth-order valence-electron chi connectivity index (χ4n) is 0.753. The second-order valence-electron chi connectivity index (χ2n) is 2.36. The first-order valence-electron chi connectivity index (χ1n) is 3.57. The molecule has 0 aromatic carbocycles. The number of aliphatic hydroxyl groups is 2. The van der Waals surface area contributed by atoms with Crippen LogP contribution in [0.25, 0.3) is 0 Å². The van der Waals surface area contributed by atoms with Crippen molar-refractivity contribution in [2.75, 3.05) is 6.61 Å². The molecule has 0 aliphatic rings. The number of nitrogens with zero attached hydrogens (tertiary/aromatic N) is 2. The number of primary amides is 1. The van der Waals surface area contributed by atoms with Crippen LogP contribution in [0.3, 0.4) is 0 Å². The van der Waals surface area contributed by atoms with Crippen molar-refractivity contribution in [3.63, 3.8) is 0 Å². The zero-order chi connectivity index (χ0) is 9.84. The summed E-state index contributed by atoms with van der Waals surface area (Å²) < 4.78 is 0. The zero-order valence-corrected chi connectivity index (χ0v) is 6.71.